The molecular weight excluding hydrogens is 400 g/mol. The number of nitrogens with zero attached hydrogens (tertiary/aromatic N) is 4. The molecule has 9 heteroatoms. The quantitative estimate of drug-likeness (QED) is 0.421. The van der Waals surface area contributed by atoms with Crippen LogP contribution in [0.4, 0.5) is 5.95 Å². The molecule has 0 amide bonds. The summed E-state index contributed by atoms with van der Waals surface area (Å²) in [4.78, 5) is 25.3. The van der Waals surface area contributed by atoms with Gasteiger partial charge in [-0.1, -0.05) is 72.4 Å². The number of thioether (sulfide) groups is 1. The highest BCUT2D eigenvalue weighted by molar-refractivity contribution is 7.98. The molecular formula is C21H16N6O2S. The van der Waals surface area contributed by atoms with E-state index < -0.39 is 0 Å². The third-order valence-corrected chi connectivity index (χ3v) is 5.30. The average molecular weight is 416 g/mol. The predicted octanol–water partition coefficient (Wildman–Crippen LogP) is 3.61. The number of fused-ring (bicyclic) bond motifs is 1. The number of hydrogen-bond donors (Lipinski definition) is 2. The summed E-state index contributed by atoms with van der Waals surface area (Å²) in [5, 5.41) is 3.14. The van der Waals surface area contributed by atoms with E-state index in [0.717, 1.165) is 16.8 Å². The number of hydrogen-bond acceptors (Lipinski definition) is 7. The molecule has 0 unspecified atom stereocenters. The first-order valence-corrected chi connectivity index (χ1v) is 10.1. The van der Waals surface area contributed by atoms with Crippen molar-refractivity contribution < 1.29 is 4.42 Å². The maximum absolute atomic E-state index is 12.2. The molecule has 2 aromatic carbocycles. The minimum absolute atomic E-state index is 0.136. The molecule has 3 aromatic heterocycles. The number of nitrogens with two attached hydrogens (primary N) is 1. The monoisotopic (exact) mass is 416 g/mol. The molecule has 5 aromatic rings. The molecule has 8 nitrogen and oxygen atoms in total. The summed E-state index contributed by atoms with van der Waals surface area (Å²) in [6.45, 7) is 0. The molecule has 0 atom stereocenters. The van der Waals surface area contributed by atoms with E-state index in [9.17, 15) is 4.79 Å². The van der Waals surface area contributed by atoms with Crippen molar-refractivity contribution in [2.75, 3.05) is 5.73 Å². The standard InChI is InChI=1S/C21H16N6O2S/c22-19-25-20-23-15(11-16(28)27(20)26-19)12-30-21-24-17(13-7-3-1-4-8-13)18(29-21)14-9-5-2-6-10-14/h1-11H,12H2,(H3,22,23,25,26). The highest BCUT2D eigenvalue weighted by atomic mass is 32.2. The van der Waals surface area contributed by atoms with Gasteiger partial charge < -0.3 is 10.2 Å². The Morgan fingerprint density at radius 3 is 2.40 bits per heavy atom. The van der Waals surface area contributed by atoms with E-state index >= 15 is 0 Å². The Balaban J connectivity index is 1.48. The molecule has 0 aliphatic heterocycles. The maximum atomic E-state index is 12.2. The zero-order valence-electron chi connectivity index (χ0n) is 15.6. The van der Waals surface area contributed by atoms with E-state index in [1.54, 1.807) is 0 Å². The maximum Gasteiger partial charge on any atom is 0.274 e. The van der Waals surface area contributed by atoms with Crippen LogP contribution in [0.3, 0.4) is 0 Å². The van der Waals surface area contributed by atoms with Crippen molar-refractivity contribution in [3.8, 4) is 22.6 Å². The van der Waals surface area contributed by atoms with E-state index in [4.69, 9.17) is 15.1 Å². The summed E-state index contributed by atoms with van der Waals surface area (Å²) in [5.41, 5.74) is 8.58. The first-order valence-electron chi connectivity index (χ1n) is 9.16. The van der Waals surface area contributed by atoms with Gasteiger partial charge in [-0.3, -0.25) is 9.89 Å². The van der Waals surface area contributed by atoms with Crippen LogP contribution < -0.4 is 11.3 Å². The van der Waals surface area contributed by atoms with Crippen LogP contribution in [-0.4, -0.2) is 24.6 Å². The molecule has 148 valence electrons. The van der Waals surface area contributed by atoms with Crippen molar-refractivity contribution in [2.45, 2.75) is 11.0 Å². The van der Waals surface area contributed by atoms with Crippen LogP contribution in [-0.2, 0) is 5.75 Å². The van der Waals surface area contributed by atoms with Gasteiger partial charge in [0, 0.05) is 22.9 Å². The smallest absolute Gasteiger partial charge is 0.274 e. The Morgan fingerprint density at radius 2 is 1.67 bits per heavy atom. The van der Waals surface area contributed by atoms with Gasteiger partial charge in [0.15, 0.2) is 5.76 Å². The number of rotatable bonds is 5. The summed E-state index contributed by atoms with van der Waals surface area (Å²) in [6.07, 6.45) is 0. The number of anilines is 1. The van der Waals surface area contributed by atoms with Crippen LogP contribution in [0.25, 0.3) is 28.4 Å². The van der Waals surface area contributed by atoms with E-state index in [2.05, 4.69) is 15.1 Å². The van der Waals surface area contributed by atoms with Crippen LogP contribution in [0.15, 0.2) is 81.2 Å². The van der Waals surface area contributed by atoms with Gasteiger partial charge in [-0.15, -0.1) is 0 Å². The number of benzene rings is 2. The lowest BCUT2D eigenvalue weighted by atomic mass is 10.1. The summed E-state index contributed by atoms with van der Waals surface area (Å²) in [7, 11) is 0. The van der Waals surface area contributed by atoms with E-state index in [1.807, 2.05) is 60.7 Å². The second-order valence-electron chi connectivity index (χ2n) is 6.51. The van der Waals surface area contributed by atoms with Crippen LogP contribution >= 0.6 is 11.8 Å². The Labute approximate surface area is 174 Å². The summed E-state index contributed by atoms with van der Waals surface area (Å²) >= 11 is 1.36. The van der Waals surface area contributed by atoms with Gasteiger partial charge in [0.05, 0.1) is 5.69 Å². The molecule has 0 saturated heterocycles. The Kier molecular flexibility index (Phi) is 4.56. The van der Waals surface area contributed by atoms with E-state index in [1.165, 1.54) is 22.3 Å². The average Bonchev–Trinajstić information content (AvgIpc) is 3.37. The second kappa shape index (κ2) is 7.53. The van der Waals surface area contributed by atoms with Crippen LogP contribution in [0, 0.1) is 0 Å². The highest BCUT2D eigenvalue weighted by Crippen LogP contribution is 2.36. The summed E-state index contributed by atoms with van der Waals surface area (Å²) in [6, 6.07) is 21.2. The molecule has 0 spiro atoms. The van der Waals surface area contributed by atoms with Crippen molar-refractivity contribution in [1.82, 2.24) is 24.6 Å². The molecule has 0 radical (unpaired) electrons. The molecule has 0 fully saturated rings. The minimum Gasteiger partial charge on any atom is -0.431 e. The van der Waals surface area contributed by atoms with Crippen LogP contribution in [0.1, 0.15) is 5.69 Å². The van der Waals surface area contributed by atoms with Crippen molar-refractivity contribution in [1.29, 1.82) is 0 Å². The van der Waals surface area contributed by atoms with Gasteiger partial charge in [0.25, 0.3) is 16.6 Å². The molecule has 3 N–H and O–H groups in total. The molecule has 0 bridgehead atoms. The number of oxazole rings is 1. The second-order valence-corrected chi connectivity index (χ2v) is 7.43. The minimum atomic E-state index is -0.276. The fourth-order valence-corrected chi connectivity index (χ4v) is 3.81. The molecule has 0 aliphatic rings. The number of H-pyrrole nitrogens is 1. The third-order valence-electron chi connectivity index (χ3n) is 4.44. The lowest BCUT2D eigenvalue weighted by Gasteiger charge is -2.00. The lowest BCUT2D eigenvalue weighted by molar-refractivity contribution is 0.466. The van der Waals surface area contributed by atoms with Gasteiger partial charge in [-0.2, -0.15) is 9.50 Å². The van der Waals surface area contributed by atoms with Crippen molar-refractivity contribution in [2.24, 2.45) is 0 Å². The topological polar surface area (TPSA) is 115 Å². The Bertz CT molecular complexity index is 1320. The fourth-order valence-electron chi connectivity index (χ4n) is 3.09. The van der Waals surface area contributed by atoms with Crippen molar-refractivity contribution >= 4 is 23.5 Å². The van der Waals surface area contributed by atoms with E-state index in [0.29, 0.717) is 22.4 Å². The molecule has 5 rings (SSSR count). The van der Waals surface area contributed by atoms with Gasteiger partial charge in [0.1, 0.15) is 5.69 Å². The Morgan fingerprint density at radius 1 is 0.967 bits per heavy atom. The van der Waals surface area contributed by atoms with Crippen molar-refractivity contribution in [3.63, 3.8) is 0 Å². The normalized spacial score (nSPS) is 11.2. The van der Waals surface area contributed by atoms with Gasteiger partial charge in [-0.25, -0.2) is 9.97 Å². The highest BCUT2D eigenvalue weighted by Gasteiger charge is 2.17. The molecule has 0 aliphatic carbocycles. The molecule has 0 saturated carbocycles. The lowest BCUT2D eigenvalue weighted by Crippen LogP contribution is -2.15. The predicted molar refractivity (Wildman–Crippen MR) is 115 cm³/mol. The van der Waals surface area contributed by atoms with Crippen molar-refractivity contribution in [3.05, 3.63) is 82.8 Å². The number of aromatic amines is 1. The first kappa shape index (κ1) is 18.2. The number of nitrogens with one attached hydrogen (secondary N) is 1. The summed E-state index contributed by atoms with van der Waals surface area (Å²) in [5.74, 6) is 1.48. The van der Waals surface area contributed by atoms with Gasteiger partial charge in [0.2, 0.25) is 5.95 Å². The molecule has 30 heavy (non-hydrogen) atoms. The largest absolute Gasteiger partial charge is 0.431 e. The summed E-state index contributed by atoms with van der Waals surface area (Å²) < 4.78 is 7.30. The Hall–Kier alpha value is -3.85. The van der Waals surface area contributed by atoms with Crippen LogP contribution in [0.5, 0.6) is 0 Å². The SMILES string of the molecule is Nc1nc2nc(CSc3nc(-c4ccccc4)c(-c4ccccc4)o3)cc(=O)n2[nH]1. The van der Waals surface area contributed by atoms with Gasteiger partial charge >= 0.3 is 0 Å². The third kappa shape index (κ3) is 3.46. The number of aromatic nitrogens is 5. The van der Waals surface area contributed by atoms with E-state index in [-0.39, 0.29) is 17.3 Å². The zero-order valence-corrected chi connectivity index (χ0v) is 16.5. The number of nitrogen functional groups attached to an aromatic ring is 1. The van der Waals surface area contributed by atoms with Crippen LogP contribution in [0.2, 0.25) is 0 Å². The molecule has 3 heterocycles. The van der Waals surface area contributed by atoms with Gasteiger partial charge in [-0.05, 0) is 0 Å². The first-order chi connectivity index (χ1) is 14.7. The zero-order chi connectivity index (χ0) is 20.5. The fraction of sp³-hybridized carbons (Fsp3) is 0.0476.